The summed E-state index contributed by atoms with van der Waals surface area (Å²) in [4.78, 5) is 27.2. The molecule has 0 radical (unpaired) electrons. The maximum absolute atomic E-state index is 11.6. The van der Waals surface area contributed by atoms with E-state index >= 15 is 0 Å². The summed E-state index contributed by atoms with van der Waals surface area (Å²) in [5.74, 6) is 0.405. The third-order valence-electron chi connectivity index (χ3n) is 2.15. The third-order valence-corrected chi connectivity index (χ3v) is 2.15. The van der Waals surface area contributed by atoms with Gasteiger partial charge in [0.2, 0.25) is 0 Å². The Balaban J connectivity index is 2.68. The normalized spacial score (nSPS) is 10.7. The predicted octanol–water partition coefficient (Wildman–Crippen LogP) is 1.83. The van der Waals surface area contributed by atoms with Gasteiger partial charge in [-0.1, -0.05) is 6.07 Å². The Morgan fingerprint density at radius 2 is 2.00 bits per heavy atom. The minimum atomic E-state index is -0.758. The van der Waals surface area contributed by atoms with Gasteiger partial charge in [0.15, 0.2) is 0 Å². The topological polar surface area (TPSA) is 85.9 Å². The predicted molar refractivity (Wildman–Crippen MR) is 72.0 cm³/mol. The number of carbonyl (C=O) groups excluding carboxylic acids is 2. The summed E-state index contributed by atoms with van der Waals surface area (Å²) in [5, 5.41) is 2.61. The molecular weight excluding hydrogens is 264 g/mol. The fourth-order valence-electron chi connectivity index (χ4n) is 1.27. The molecule has 2 N–H and O–H groups in total. The molecule has 1 rings (SSSR count). The molecule has 1 aromatic carbocycles. The maximum Gasteiger partial charge on any atom is 0.436 e. The smallest absolute Gasteiger partial charge is 0.436 e. The number of anilines is 1. The number of methoxy groups -OCH3 is 1. The number of hydrogen-bond donors (Lipinski definition) is 2. The average Bonchev–Trinajstić information content (AvgIpc) is 2.38. The summed E-state index contributed by atoms with van der Waals surface area (Å²) in [6, 6.07) is 6.37. The largest absolute Gasteiger partial charge is 0.501 e. The second-order valence-electron chi connectivity index (χ2n) is 3.67. The van der Waals surface area contributed by atoms with Crippen LogP contribution >= 0.6 is 0 Å². The highest BCUT2D eigenvalue weighted by atomic mass is 16.7. The van der Waals surface area contributed by atoms with E-state index in [1.807, 2.05) is 5.48 Å². The molecule has 0 fully saturated rings. The van der Waals surface area contributed by atoms with Gasteiger partial charge in [-0.25, -0.2) is 4.79 Å². The molecule has 0 aliphatic carbocycles. The van der Waals surface area contributed by atoms with Crippen molar-refractivity contribution in [2.75, 3.05) is 19.5 Å². The molecule has 0 unspecified atom stereocenters. The Hall–Kier alpha value is -2.54. The number of carbonyl (C=O) groups is 2. The van der Waals surface area contributed by atoms with Gasteiger partial charge in [0, 0.05) is 17.8 Å². The summed E-state index contributed by atoms with van der Waals surface area (Å²) < 4.78 is 9.78. The van der Waals surface area contributed by atoms with E-state index in [-0.39, 0.29) is 11.7 Å². The van der Waals surface area contributed by atoms with E-state index in [0.717, 1.165) is 0 Å². The van der Waals surface area contributed by atoms with Gasteiger partial charge in [0.25, 0.3) is 5.91 Å². The lowest BCUT2D eigenvalue weighted by Gasteiger charge is -2.07. The average molecular weight is 280 g/mol. The highest BCUT2D eigenvalue weighted by Gasteiger charge is 2.05. The number of amides is 2. The first kappa shape index (κ1) is 15.5. The fourth-order valence-corrected chi connectivity index (χ4v) is 1.27. The molecule has 108 valence electrons. The zero-order chi connectivity index (χ0) is 15.0. The highest BCUT2D eigenvalue weighted by Crippen LogP contribution is 2.17. The number of benzene rings is 1. The zero-order valence-electron chi connectivity index (χ0n) is 11.4. The number of ether oxygens (including phenoxy) is 2. The van der Waals surface area contributed by atoms with E-state index < -0.39 is 6.09 Å². The van der Waals surface area contributed by atoms with Crippen LogP contribution in [-0.4, -0.2) is 26.2 Å². The third kappa shape index (κ3) is 5.40. The number of allylic oxidation sites excluding steroid dienone is 1. The molecule has 20 heavy (non-hydrogen) atoms. The van der Waals surface area contributed by atoms with E-state index in [0.29, 0.717) is 11.4 Å². The molecular formula is C13H16N2O5. The SMILES string of the molecule is CONC(=O)Oc1cccc(NC(=O)C=C(C)OC)c1. The summed E-state index contributed by atoms with van der Waals surface area (Å²) in [7, 11) is 2.77. The van der Waals surface area contributed by atoms with Gasteiger partial charge in [-0.3, -0.25) is 9.63 Å². The molecule has 7 nitrogen and oxygen atoms in total. The van der Waals surface area contributed by atoms with Gasteiger partial charge in [-0.2, -0.15) is 5.48 Å². The number of rotatable bonds is 5. The number of nitrogens with one attached hydrogen (secondary N) is 2. The van der Waals surface area contributed by atoms with Crippen LogP contribution in [0.25, 0.3) is 0 Å². The van der Waals surface area contributed by atoms with Crippen LogP contribution in [0.15, 0.2) is 36.1 Å². The van der Waals surface area contributed by atoms with Crippen molar-refractivity contribution in [3.63, 3.8) is 0 Å². The second-order valence-corrected chi connectivity index (χ2v) is 3.67. The molecule has 2 amide bonds. The van der Waals surface area contributed by atoms with Crippen LogP contribution in [0, 0.1) is 0 Å². The standard InChI is InChI=1S/C13H16N2O5/c1-9(18-2)7-12(16)14-10-5-4-6-11(8-10)20-13(17)15-19-3/h4-8H,1-3H3,(H,14,16)(H,15,17). The van der Waals surface area contributed by atoms with E-state index in [9.17, 15) is 9.59 Å². The molecule has 7 heteroatoms. The summed E-state index contributed by atoms with van der Waals surface area (Å²) in [6.07, 6.45) is 0.552. The minimum absolute atomic E-state index is 0.268. The van der Waals surface area contributed by atoms with Crippen molar-refractivity contribution in [3.05, 3.63) is 36.1 Å². The van der Waals surface area contributed by atoms with Gasteiger partial charge in [-0.15, -0.1) is 0 Å². The maximum atomic E-state index is 11.6. The van der Waals surface area contributed by atoms with Crippen LogP contribution in [0.2, 0.25) is 0 Å². The van der Waals surface area contributed by atoms with E-state index in [4.69, 9.17) is 9.47 Å². The molecule has 0 saturated carbocycles. The van der Waals surface area contributed by atoms with Crippen LogP contribution < -0.4 is 15.5 Å². The quantitative estimate of drug-likeness (QED) is 0.488. The van der Waals surface area contributed by atoms with Crippen molar-refractivity contribution in [2.24, 2.45) is 0 Å². The molecule has 0 aliphatic heterocycles. The molecule has 0 aromatic heterocycles. The lowest BCUT2D eigenvalue weighted by atomic mass is 10.3. The molecule has 0 aliphatic rings. The van der Waals surface area contributed by atoms with Crippen molar-refractivity contribution >= 4 is 17.7 Å². The lowest BCUT2D eigenvalue weighted by Crippen LogP contribution is -2.25. The Bertz CT molecular complexity index is 513. The summed E-state index contributed by atoms with van der Waals surface area (Å²) >= 11 is 0. The Morgan fingerprint density at radius 3 is 2.65 bits per heavy atom. The van der Waals surface area contributed by atoms with Crippen molar-refractivity contribution in [2.45, 2.75) is 6.92 Å². The van der Waals surface area contributed by atoms with Crippen molar-refractivity contribution in [1.29, 1.82) is 0 Å². The van der Waals surface area contributed by atoms with Crippen LogP contribution in [0.1, 0.15) is 6.92 Å². The van der Waals surface area contributed by atoms with Gasteiger partial charge in [-0.05, 0) is 19.1 Å². The minimum Gasteiger partial charge on any atom is -0.501 e. The first-order valence-corrected chi connectivity index (χ1v) is 5.69. The zero-order valence-corrected chi connectivity index (χ0v) is 11.4. The highest BCUT2D eigenvalue weighted by molar-refractivity contribution is 5.99. The van der Waals surface area contributed by atoms with Crippen LogP contribution in [-0.2, 0) is 14.4 Å². The first-order chi connectivity index (χ1) is 9.55. The van der Waals surface area contributed by atoms with Crippen LogP contribution in [0.5, 0.6) is 5.75 Å². The summed E-state index contributed by atoms with van der Waals surface area (Å²) in [5.41, 5.74) is 2.50. The van der Waals surface area contributed by atoms with Gasteiger partial charge in [0.1, 0.15) is 5.75 Å². The van der Waals surface area contributed by atoms with Gasteiger partial charge >= 0.3 is 6.09 Å². The van der Waals surface area contributed by atoms with Crippen molar-refractivity contribution < 1.29 is 23.9 Å². The van der Waals surface area contributed by atoms with Crippen molar-refractivity contribution in [1.82, 2.24) is 5.48 Å². The van der Waals surface area contributed by atoms with Crippen molar-refractivity contribution in [3.8, 4) is 5.75 Å². The van der Waals surface area contributed by atoms with Gasteiger partial charge in [0.05, 0.1) is 20.0 Å². The van der Waals surface area contributed by atoms with Crippen LogP contribution in [0.3, 0.4) is 0 Å². The van der Waals surface area contributed by atoms with E-state index in [1.165, 1.54) is 26.4 Å². The summed E-state index contributed by atoms with van der Waals surface area (Å²) in [6.45, 7) is 1.66. The van der Waals surface area contributed by atoms with Gasteiger partial charge < -0.3 is 14.8 Å². The molecule has 1 aromatic rings. The Kier molecular flexibility index (Phi) is 6.05. The lowest BCUT2D eigenvalue weighted by molar-refractivity contribution is -0.112. The van der Waals surface area contributed by atoms with E-state index in [2.05, 4.69) is 10.2 Å². The Labute approximate surface area is 116 Å². The van der Waals surface area contributed by atoms with E-state index in [1.54, 1.807) is 25.1 Å². The number of hydroxylamine groups is 1. The number of hydrogen-bond acceptors (Lipinski definition) is 5. The second kappa shape index (κ2) is 7.80. The monoisotopic (exact) mass is 280 g/mol. The molecule has 0 spiro atoms. The molecule has 0 atom stereocenters. The molecule has 0 bridgehead atoms. The Morgan fingerprint density at radius 1 is 1.25 bits per heavy atom. The van der Waals surface area contributed by atoms with Crippen LogP contribution in [0.4, 0.5) is 10.5 Å². The molecule has 0 saturated heterocycles. The molecule has 0 heterocycles. The fraction of sp³-hybridized carbons (Fsp3) is 0.231. The first-order valence-electron chi connectivity index (χ1n) is 5.69.